The predicted molar refractivity (Wildman–Crippen MR) is 74.8 cm³/mol. The Morgan fingerprint density at radius 2 is 2.11 bits per heavy atom. The van der Waals surface area contributed by atoms with Gasteiger partial charge in [-0.05, 0) is 30.7 Å². The molecule has 0 spiro atoms. The number of furan rings is 1. The maximum absolute atomic E-state index is 10.6. The van der Waals surface area contributed by atoms with Crippen LogP contribution >= 0.6 is 15.9 Å². The topological polar surface area (TPSA) is 68.3 Å². The summed E-state index contributed by atoms with van der Waals surface area (Å²) >= 11 is 3.34. The smallest absolute Gasteiger partial charge is 0.270 e. The molecule has 2 aromatic rings. The second-order valence-electron chi connectivity index (χ2n) is 4.15. The van der Waals surface area contributed by atoms with Crippen LogP contribution < -0.4 is 5.32 Å². The van der Waals surface area contributed by atoms with Gasteiger partial charge < -0.3 is 9.73 Å². The molecule has 0 aliphatic heterocycles. The Hall–Kier alpha value is -1.66. The summed E-state index contributed by atoms with van der Waals surface area (Å²) in [4.78, 5) is 10.2. The minimum absolute atomic E-state index is 0.0808. The zero-order chi connectivity index (χ0) is 13.8. The number of aryl methyl sites for hydroxylation is 1. The summed E-state index contributed by atoms with van der Waals surface area (Å²) < 4.78 is 6.17. The molecular weight excluding hydrogens is 312 g/mol. The molecule has 0 atom stereocenters. The third kappa shape index (κ3) is 3.65. The molecule has 1 heterocycles. The number of benzene rings is 1. The van der Waals surface area contributed by atoms with Gasteiger partial charge in [0.05, 0.1) is 11.5 Å². The van der Waals surface area contributed by atoms with E-state index in [4.69, 9.17) is 4.42 Å². The third-order valence-electron chi connectivity index (χ3n) is 2.66. The van der Waals surface area contributed by atoms with E-state index in [1.807, 2.05) is 19.1 Å². The molecule has 0 bridgehead atoms. The van der Waals surface area contributed by atoms with Gasteiger partial charge in [0.1, 0.15) is 11.5 Å². The van der Waals surface area contributed by atoms with Crippen LogP contribution in [0.5, 0.6) is 0 Å². The van der Waals surface area contributed by atoms with E-state index in [-0.39, 0.29) is 5.69 Å². The van der Waals surface area contributed by atoms with Crippen LogP contribution in [0.2, 0.25) is 0 Å². The van der Waals surface area contributed by atoms with Crippen molar-refractivity contribution in [1.82, 2.24) is 5.32 Å². The normalized spacial score (nSPS) is 10.6. The second-order valence-corrected chi connectivity index (χ2v) is 5.00. The van der Waals surface area contributed by atoms with Crippen LogP contribution in [0.25, 0.3) is 0 Å². The fourth-order valence-corrected chi connectivity index (χ4v) is 2.20. The summed E-state index contributed by atoms with van der Waals surface area (Å²) in [7, 11) is 0. The van der Waals surface area contributed by atoms with E-state index >= 15 is 0 Å². The highest BCUT2D eigenvalue weighted by Crippen LogP contribution is 2.22. The van der Waals surface area contributed by atoms with Gasteiger partial charge in [0.25, 0.3) is 5.69 Å². The minimum Gasteiger partial charge on any atom is -0.465 e. The van der Waals surface area contributed by atoms with E-state index in [0.29, 0.717) is 13.1 Å². The second kappa shape index (κ2) is 5.99. The van der Waals surface area contributed by atoms with Gasteiger partial charge in [0.2, 0.25) is 0 Å². The standard InChI is InChI=1S/C13H13BrN2O3/c1-9-2-5-12(19-9)8-15-7-10-3-4-11(16(17)18)6-13(10)14/h2-6,15H,7-8H2,1H3. The summed E-state index contributed by atoms with van der Waals surface area (Å²) in [6.07, 6.45) is 0. The number of nitro groups is 1. The summed E-state index contributed by atoms with van der Waals surface area (Å²) in [5.41, 5.74) is 1.05. The summed E-state index contributed by atoms with van der Waals surface area (Å²) in [5.74, 6) is 1.75. The molecule has 0 saturated carbocycles. The number of rotatable bonds is 5. The number of hydrogen-bond acceptors (Lipinski definition) is 4. The quantitative estimate of drug-likeness (QED) is 0.674. The zero-order valence-electron chi connectivity index (χ0n) is 10.4. The van der Waals surface area contributed by atoms with E-state index < -0.39 is 4.92 Å². The Kier molecular flexibility index (Phi) is 4.34. The summed E-state index contributed by atoms with van der Waals surface area (Å²) in [5, 5.41) is 13.8. The maximum Gasteiger partial charge on any atom is 0.270 e. The van der Waals surface area contributed by atoms with Gasteiger partial charge in [-0.1, -0.05) is 15.9 Å². The van der Waals surface area contributed by atoms with Gasteiger partial charge in [-0.3, -0.25) is 10.1 Å². The fraction of sp³-hybridized carbons (Fsp3) is 0.231. The van der Waals surface area contributed by atoms with Crippen LogP contribution in [0.15, 0.2) is 39.2 Å². The number of non-ortho nitro benzene ring substituents is 1. The van der Waals surface area contributed by atoms with Crippen molar-refractivity contribution in [1.29, 1.82) is 0 Å². The number of hydrogen-bond donors (Lipinski definition) is 1. The van der Waals surface area contributed by atoms with Crippen molar-refractivity contribution in [2.24, 2.45) is 0 Å². The fourth-order valence-electron chi connectivity index (χ4n) is 1.69. The lowest BCUT2D eigenvalue weighted by molar-refractivity contribution is -0.384. The monoisotopic (exact) mass is 324 g/mol. The first-order chi connectivity index (χ1) is 9.06. The van der Waals surface area contributed by atoms with E-state index in [2.05, 4.69) is 21.2 Å². The lowest BCUT2D eigenvalue weighted by atomic mass is 10.2. The molecule has 0 aliphatic carbocycles. The number of nitrogens with zero attached hydrogens (tertiary/aromatic N) is 1. The van der Waals surface area contributed by atoms with Gasteiger partial charge >= 0.3 is 0 Å². The minimum atomic E-state index is -0.409. The first-order valence-corrected chi connectivity index (χ1v) is 6.54. The number of nitro benzene ring substituents is 1. The summed E-state index contributed by atoms with van der Waals surface area (Å²) in [6.45, 7) is 3.13. The molecule has 19 heavy (non-hydrogen) atoms. The third-order valence-corrected chi connectivity index (χ3v) is 3.40. The Bertz CT molecular complexity index is 595. The molecule has 1 aromatic carbocycles. The summed E-state index contributed by atoms with van der Waals surface area (Å²) in [6, 6.07) is 8.58. The van der Waals surface area contributed by atoms with Crippen molar-refractivity contribution >= 4 is 21.6 Å². The van der Waals surface area contributed by atoms with Crippen LogP contribution in [-0.2, 0) is 13.1 Å². The van der Waals surface area contributed by atoms with Crippen LogP contribution in [0.3, 0.4) is 0 Å². The molecule has 1 aromatic heterocycles. The molecule has 0 aliphatic rings. The highest BCUT2D eigenvalue weighted by Gasteiger charge is 2.08. The average molecular weight is 325 g/mol. The molecule has 1 N–H and O–H groups in total. The van der Waals surface area contributed by atoms with E-state index in [1.165, 1.54) is 12.1 Å². The molecule has 0 amide bonds. The van der Waals surface area contributed by atoms with Crippen molar-refractivity contribution in [3.8, 4) is 0 Å². The first kappa shape index (κ1) is 13.8. The Morgan fingerprint density at radius 3 is 2.68 bits per heavy atom. The highest BCUT2D eigenvalue weighted by atomic mass is 79.9. The van der Waals surface area contributed by atoms with Crippen molar-refractivity contribution < 1.29 is 9.34 Å². The molecule has 2 rings (SSSR count). The molecule has 0 unspecified atom stereocenters. The van der Waals surface area contributed by atoms with E-state index in [1.54, 1.807) is 6.07 Å². The largest absolute Gasteiger partial charge is 0.465 e. The SMILES string of the molecule is Cc1ccc(CNCc2ccc([N+](=O)[O-])cc2Br)o1. The van der Waals surface area contributed by atoms with Crippen LogP contribution in [0.1, 0.15) is 17.1 Å². The van der Waals surface area contributed by atoms with Crippen molar-refractivity contribution in [3.63, 3.8) is 0 Å². The van der Waals surface area contributed by atoms with Crippen LogP contribution in [0.4, 0.5) is 5.69 Å². The maximum atomic E-state index is 10.6. The van der Waals surface area contributed by atoms with Gasteiger partial charge in [-0.25, -0.2) is 0 Å². The molecule has 5 nitrogen and oxygen atoms in total. The Labute approximate surface area is 118 Å². The van der Waals surface area contributed by atoms with Crippen molar-refractivity contribution in [3.05, 3.63) is 62.0 Å². The Balaban J connectivity index is 1.94. The van der Waals surface area contributed by atoms with E-state index in [9.17, 15) is 10.1 Å². The van der Waals surface area contributed by atoms with Crippen molar-refractivity contribution in [2.75, 3.05) is 0 Å². The number of nitrogens with one attached hydrogen (secondary N) is 1. The lowest BCUT2D eigenvalue weighted by Crippen LogP contribution is -2.12. The Morgan fingerprint density at radius 1 is 1.32 bits per heavy atom. The van der Waals surface area contributed by atoms with Gasteiger partial charge in [0, 0.05) is 23.2 Å². The average Bonchev–Trinajstić information content (AvgIpc) is 2.77. The molecular formula is C13H13BrN2O3. The van der Waals surface area contributed by atoms with Crippen LogP contribution in [0, 0.1) is 17.0 Å². The van der Waals surface area contributed by atoms with Crippen LogP contribution in [-0.4, -0.2) is 4.92 Å². The van der Waals surface area contributed by atoms with Gasteiger partial charge in [-0.15, -0.1) is 0 Å². The van der Waals surface area contributed by atoms with E-state index in [0.717, 1.165) is 21.6 Å². The molecule has 6 heteroatoms. The predicted octanol–water partition coefficient (Wildman–Crippen LogP) is 3.55. The molecule has 100 valence electrons. The molecule has 0 fully saturated rings. The number of halogens is 1. The van der Waals surface area contributed by atoms with Crippen molar-refractivity contribution in [2.45, 2.75) is 20.0 Å². The first-order valence-electron chi connectivity index (χ1n) is 5.75. The zero-order valence-corrected chi connectivity index (χ0v) is 11.9. The van der Waals surface area contributed by atoms with Gasteiger partial charge in [-0.2, -0.15) is 0 Å². The molecule has 0 saturated heterocycles. The van der Waals surface area contributed by atoms with Gasteiger partial charge in [0.15, 0.2) is 0 Å². The molecule has 0 radical (unpaired) electrons. The highest BCUT2D eigenvalue weighted by molar-refractivity contribution is 9.10. The lowest BCUT2D eigenvalue weighted by Gasteiger charge is -2.05.